The van der Waals surface area contributed by atoms with E-state index in [1.54, 1.807) is 36.2 Å². The molecule has 0 saturated heterocycles. The number of thioether (sulfide) groups is 1. The van der Waals surface area contributed by atoms with E-state index in [0.29, 0.717) is 17.2 Å². The van der Waals surface area contributed by atoms with Crippen LogP contribution in [0.4, 0.5) is 5.69 Å². The van der Waals surface area contributed by atoms with E-state index in [1.807, 2.05) is 6.26 Å². The molecule has 2 aromatic rings. The Morgan fingerprint density at radius 2 is 2.20 bits per heavy atom. The number of aryl methyl sites for hydroxylation is 1. The van der Waals surface area contributed by atoms with Crippen molar-refractivity contribution in [3.63, 3.8) is 0 Å². The number of hydrogen-bond donors (Lipinski definition) is 2. The summed E-state index contributed by atoms with van der Waals surface area (Å²) in [5.74, 6) is 0.0758. The van der Waals surface area contributed by atoms with Gasteiger partial charge in [-0.2, -0.15) is 11.8 Å². The average molecular weight is 311 g/mol. The van der Waals surface area contributed by atoms with E-state index in [0.717, 1.165) is 16.9 Å². The third-order valence-corrected chi connectivity index (χ3v) is 4.24. The molecule has 7 heteroatoms. The highest BCUT2D eigenvalue weighted by atomic mass is 32.2. The van der Waals surface area contributed by atoms with Gasteiger partial charge in [-0.3, -0.25) is 4.79 Å². The van der Waals surface area contributed by atoms with E-state index in [1.165, 1.54) is 0 Å². The van der Waals surface area contributed by atoms with Crippen molar-refractivity contribution in [1.82, 2.24) is 0 Å². The molecule has 0 spiro atoms. The highest BCUT2D eigenvalue weighted by molar-refractivity contribution is 7.97. The Labute approximate surface area is 124 Å². The molecule has 2 rings (SSSR count). The van der Waals surface area contributed by atoms with Crippen LogP contribution in [0.2, 0.25) is 0 Å². The van der Waals surface area contributed by atoms with Gasteiger partial charge in [0.15, 0.2) is 5.76 Å². The third kappa shape index (κ3) is 3.05. The van der Waals surface area contributed by atoms with Crippen molar-refractivity contribution in [3.05, 3.63) is 39.5 Å². The number of anilines is 1. The highest BCUT2D eigenvalue weighted by Gasteiger charge is 2.19. The quantitative estimate of drug-likeness (QED) is 0.884. The predicted molar refractivity (Wildman–Crippen MR) is 79.9 cm³/mol. The zero-order valence-corrected chi connectivity index (χ0v) is 12.6. The Kier molecular flexibility index (Phi) is 4.51. The number of thiophene rings is 1. The fraction of sp³-hybridized carbons (Fsp3) is 0.231. The van der Waals surface area contributed by atoms with Crippen LogP contribution in [0.15, 0.2) is 21.9 Å². The summed E-state index contributed by atoms with van der Waals surface area (Å²) in [5.41, 5.74) is 1.05. The van der Waals surface area contributed by atoms with Gasteiger partial charge in [0.05, 0.1) is 11.4 Å². The summed E-state index contributed by atoms with van der Waals surface area (Å²) in [4.78, 5) is 23.2. The molecule has 106 valence electrons. The van der Waals surface area contributed by atoms with Crippen molar-refractivity contribution >= 4 is 40.7 Å². The molecule has 2 aromatic heterocycles. The van der Waals surface area contributed by atoms with Gasteiger partial charge in [-0.15, -0.1) is 11.3 Å². The maximum atomic E-state index is 12.1. The van der Waals surface area contributed by atoms with Crippen LogP contribution in [0.3, 0.4) is 0 Å². The molecule has 0 aliphatic rings. The Bertz CT molecular complexity index is 645. The zero-order valence-electron chi connectivity index (χ0n) is 10.9. The summed E-state index contributed by atoms with van der Waals surface area (Å²) < 4.78 is 5.40. The van der Waals surface area contributed by atoms with Crippen LogP contribution in [0.5, 0.6) is 0 Å². The first kappa shape index (κ1) is 14.7. The molecule has 2 heterocycles. The van der Waals surface area contributed by atoms with Crippen molar-refractivity contribution < 1.29 is 19.1 Å². The number of amides is 1. The Morgan fingerprint density at radius 3 is 2.85 bits per heavy atom. The molecule has 0 saturated carbocycles. The second kappa shape index (κ2) is 6.15. The highest BCUT2D eigenvalue weighted by Crippen LogP contribution is 2.28. The fourth-order valence-electron chi connectivity index (χ4n) is 1.65. The van der Waals surface area contributed by atoms with Gasteiger partial charge in [-0.05, 0) is 36.3 Å². The monoisotopic (exact) mass is 311 g/mol. The van der Waals surface area contributed by atoms with Crippen LogP contribution in [0.25, 0.3) is 0 Å². The Morgan fingerprint density at radius 1 is 1.45 bits per heavy atom. The van der Waals surface area contributed by atoms with Crippen LogP contribution < -0.4 is 5.32 Å². The molecule has 0 atom stereocenters. The lowest BCUT2D eigenvalue weighted by Crippen LogP contribution is -2.13. The maximum Gasteiger partial charge on any atom is 0.348 e. The van der Waals surface area contributed by atoms with E-state index in [2.05, 4.69) is 5.32 Å². The zero-order chi connectivity index (χ0) is 14.7. The van der Waals surface area contributed by atoms with Crippen LogP contribution in [-0.2, 0) is 5.75 Å². The van der Waals surface area contributed by atoms with Crippen molar-refractivity contribution in [2.45, 2.75) is 12.7 Å². The molecule has 0 radical (unpaired) electrons. The predicted octanol–water partition coefficient (Wildman–Crippen LogP) is 3.46. The lowest BCUT2D eigenvalue weighted by Gasteiger charge is -2.04. The Balaban J connectivity index is 2.19. The summed E-state index contributed by atoms with van der Waals surface area (Å²) in [6, 6.07) is 3.33. The molecular formula is C13H13NO4S2. The number of rotatable bonds is 5. The lowest BCUT2D eigenvalue weighted by molar-refractivity contribution is 0.0703. The van der Waals surface area contributed by atoms with E-state index in [9.17, 15) is 9.59 Å². The van der Waals surface area contributed by atoms with Gasteiger partial charge in [-0.1, -0.05) is 0 Å². The Hall–Kier alpha value is -1.73. The standard InChI is InChI=1S/C13H13NO4S2/c1-7-5-20-11(13(16)17)10(7)14-12(15)9-4-3-8(18-9)6-19-2/h3-5H,6H2,1-2H3,(H,14,15)(H,16,17). The van der Waals surface area contributed by atoms with Gasteiger partial charge in [0.25, 0.3) is 5.91 Å². The molecule has 2 N–H and O–H groups in total. The van der Waals surface area contributed by atoms with Gasteiger partial charge < -0.3 is 14.8 Å². The SMILES string of the molecule is CSCc1ccc(C(=O)Nc2c(C)csc2C(=O)O)o1. The first-order valence-electron chi connectivity index (χ1n) is 5.73. The number of carbonyl (C=O) groups is 2. The van der Waals surface area contributed by atoms with Crippen molar-refractivity contribution in [2.24, 2.45) is 0 Å². The maximum absolute atomic E-state index is 12.1. The summed E-state index contributed by atoms with van der Waals surface area (Å²) in [5, 5.41) is 13.4. The number of carboxylic acids is 1. The minimum absolute atomic E-state index is 0.117. The van der Waals surface area contributed by atoms with Crippen LogP contribution >= 0.6 is 23.1 Å². The summed E-state index contributed by atoms with van der Waals surface area (Å²) in [7, 11) is 0. The topological polar surface area (TPSA) is 79.5 Å². The van der Waals surface area contributed by atoms with E-state index >= 15 is 0 Å². The first-order chi connectivity index (χ1) is 9.52. The second-order valence-electron chi connectivity index (χ2n) is 4.08. The second-order valence-corrected chi connectivity index (χ2v) is 5.83. The molecule has 0 bridgehead atoms. The number of carbonyl (C=O) groups excluding carboxylic acids is 1. The lowest BCUT2D eigenvalue weighted by atomic mass is 10.2. The molecule has 0 aliphatic carbocycles. The molecule has 0 aliphatic heterocycles. The molecular weight excluding hydrogens is 298 g/mol. The number of aromatic carboxylic acids is 1. The third-order valence-electron chi connectivity index (χ3n) is 2.58. The molecule has 1 amide bonds. The minimum atomic E-state index is -1.05. The van der Waals surface area contributed by atoms with Crippen LogP contribution in [-0.4, -0.2) is 23.2 Å². The van der Waals surface area contributed by atoms with Gasteiger partial charge in [-0.25, -0.2) is 4.79 Å². The van der Waals surface area contributed by atoms with Gasteiger partial charge in [0.1, 0.15) is 10.6 Å². The largest absolute Gasteiger partial charge is 0.477 e. The number of nitrogens with one attached hydrogen (secondary N) is 1. The minimum Gasteiger partial charge on any atom is -0.477 e. The smallest absolute Gasteiger partial charge is 0.348 e. The van der Waals surface area contributed by atoms with Crippen molar-refractivity contribution in [3.8, 4) is 0 Å². The number of hydrogen-bond acceptors (Lipinski definition) is 5. The average Bonchev–Trinajstić information content (AvgIpc) is 2.98. The fourth-order valence-corrected chi connectivity index (χ4v) is 2.93. The number of furan rings is 1. The van der Waals surface area contributed by atoms with Gasteiger partial charge >= 0.3 is 5.97 Å². The first-order valence-corrected chi connectivity index (χ1v) is 8.00. The molecule has 20 heavy (non-hydrogen) atoms. The van der Waals surface area contributed by atoms with Crippen LogP contribution in [0.1, 0.15) is 31.6 Å². The van der Waals surface area contributed by atoms with Gasteiger partial charge in [0, 0.05) is 0 Å². The van der Waals surface area contributed by atoms with Crippen molar-refractivity contribution in [1.29, 1.82) is 0 Å². The molecule has 0 fully saturated rings. The van der Waals surface area contributed by atoms with Crippen LogP contribution in [0, 0.1) is 6.92 Å². The summed E-state index contributed by atoms with van der Waals surface area (Å²) >= 11 is 2.68. The summed E-state index contributed by atoms with van der Waals surface area (Å²) in [6.45, 7) is 1.75. The number of carboxylic acid groups (broad SMARTS) is 1. The van der Waals surface area contributed by atoms with Gasteiger partial charge in [0.2, 0.25) is 0 Å². The molecule has 5 nitrogen and oxygen atoms in total. The van der Waals surface area contributed by atoms with E-state index < -0.39 is 11.9 Å². The summed E-state index contributed by atoms with van der Waals surface area (Å²) in [6.07, 6.45) is 1.94. The van der Waals surface area contributed by atoms with Crippen molar-refractivity contribution in [2.75, 3.05) is 11.6 Å². The normalized spacial score (nSPS) is 10.5. The molecule has 0 unspecified atom stereocenters. The molecule has 0 aromatic carbocycles. The van der Waals surface area contributed by atoms with E-state index in [4.69, 9.17) is 9.52 Å². The van der Waals surface area contributed by atoms with E-state index in [-0.39, 0.29) is 10.6 Å².